The first-order valence-corrected chi connectivity index (χ1v) is 7.37. The minimum absolute atomic E-state index is 0.624. The lowest BCUT2D eigenvalue weighted by Crippen LogP contribution is -2.87. The molecule has 0 aliphatic carbocycles. The molecule has 2 heteroatoms. The molecule has 0 aliphatic heterocycles. The third kappa shape index (κ3) is 4.71. The van der Waals surface area contributed by atoms with E-state index in [9.17, 15) is 0 Å². The van der Waals surface area contributed by atoms with Crippen molar-refractivity contribution in [3.05, 3.63) is 65.7 Å². The maximum atomic E-state index is 5.85. The fraction of sp³-hybridized carbons (Fsp3) is 0.333. The normalized spacial score (nSPS) is 12.1. The van der Waals surface area contributed by atoms with E-state index in [4.69, 9.17) is 4.74 Å². The zero-order valence-corrected chi connectivity index (χ0v) is 12.4. The van der Waals surface area contributed by atoms with Gasteiger partial charge in [0.1, 0.15) is 18.9 Å². The zero-order valence-electron chi connectivity index (χ0n) is 12.4. The highest BCUT2D eigenvalue weighted by atomic mass is 16.5. The second kappa shape index (κ2) is 7.71. The molecule has 0 saturated carbocycles. The highest BCUT2D eigenvalue weighted by Crippen LogP contribution is 2.14. The van der Waals surface area contributed by atoms with Crippen molar-refractivity contribution in [1.29, 1.82) is 0 Å². The molecule has 0 aliphatic rings. The molecule has 2 aromatic carbocycles. The van der Waals surface area contributed by atoms with E-state index in [2.05, 4.69) is 49.5 Å². The molecule has 2 N–H and O–H groups in total. The van der Waals surface area contributed by atoms with Crippen molar-refractivity contribution < 1.29 is 10.1 Å². The van der Waals surface area contributed by atoms with Crippen LogP contribution < -0.4 is 10.1 Å². The van der Waals surface area contributed by atoms with Crippen LogP contribution in [0.4, 0.5) is 0 Å². The summed E-state index contributed by atoms with van der Waals surface area (Å²) in [6, 6.07) is 19.3. The van der Waals surface area contributed by atoms with Crippen molar-refractivity contribution in [2.45, 2.75) is 39.5 Å². The van der Waals surface area contributed by atoms with E-state index in [1.165, 1.54) is 17.5 Å². The smallest absolute Gasteiger partial charge is 0.120 e. The summed E-state index contributed by atoms with van der Waals surface area (Å²) < 4.78 is 5.85. The Morgan fingerprint density at radius 3 is 2.50 bits per heavy atom. The van der Waals surface area contributed by atoms with E-state index in [1.807, 2.05) is 24.3 Å². The fourth-order valence-electron chi connectivity index (χ4n) is 2.01. The predicted molar refractivity (Wildman–Crippen MR) is 82.6 cm³/mol. The molecule has 20 heavy (non-hydrogen) atoms. The van der Waals surface area contributed by atoms with Crippen LogP contribution in [-0.2, 0) is 13.2 Å². The molecule has 0 bridgehead atoms. The van der Waals surface area contributed by atoms with Crippen LogP contribution in [0, 0.1) is 0 Å². The topological polar surface area (TPSA) is 25.8 Å². The van der Waals surface area contributed by atoms with Crippen molar-refractivity contribution >= 4 is 0 Å². The Morgan fingerprint density at radius 2 is 1.75 bits per heavy atom. The molecule has 0 amide bonds. The Bertz CT molecular complexity index is 510. The monoisotopic (exact) mass is 270 g/mol. The van der Waals surface area contributed by atoms with Gasteiger partial charge in [-0.25, -0.2) is 0 Å². The van der Waals surface area contributed by atoms with Gasteiger partial charge in [0, 0.05) is 5.56 Å². The van der Waals surface area contributed by atoms with E-state index >= 15 is 0 Å². The second-order valence-corrected chi connectivity index (χ2v) is 5.25. The van der Waals surface area contributed by atoms with E-state index in [0.717, 1.165) is 12.3 Å². The summed E-state index contributed by atoms with van der Waals surface area (Å²) in [7, 11) is 0. The molecule has 0 heterocycles. The number of hydrogen-bond donors (Lipinski definition) is 1. The van der Waals surface area contributed by atoms with Crippen LogP contribution in [0.15, 0.2) is 54.6 Å². The van der Waals surface area contributed by atoms with Crippen molar-refractivity contribution in [3.8, 4) is 5.75 Å². The van der Waals surface area contributed by atoms with Crippen LogP contribution in [0.2, 0.25) is 0 Å². The molecule has 0 radical (unpaired) electrons. The summed E-state index contributed by atoms with van der Waals surface area (Å²) in [6.07, 6.45) is 1.20. The predicted octanol–water partition coefficient (Wildman–Crippen LogP) is 3.13. The number of benzene rings is 2. The molecule has 0 fully saturated rings. The maximum absolute atomic E-state index is 5.85. The van der Waals surface area contributed by atoms with Gasteiger partial charge in [0.2, 0.25) is 0 Å². The number of nitrogens with two attached hydrogens (primary N) is 1. The molecule has 0 saturated heterocycles. The maximum Gasteiger partial charge on any atom is 0.120 e. The van der Waals surface area contributed by atoms with Gasteiger partial charge in [-0.1, -0.05) is 49.4 Å². The quantitative estimate of drug-likeness (QED) is 0.822. The SMILES string of the molecule is CC[C@H](C)[NH2+]Cc1cccc(OCc2ccccc2)c1. The average Bonchev–Trinajstić information content (AvgIpc) is 2.52. The molecule has 2 aromatic rings. The molecule has 0 aromatic heterocycles. The Kier molecular flexibility index (Phi) is 5.63. The van der Waals surface area contributed by atoms with Gasteiger partial charge in [0.05, 0.1) is 6.04 Å². The molecule has 0 spiro atoms. The third-order valence-corrected chi connectivity index (χ3v) is 3.55. The van der Waals surface area contributed by atoms with E-state index in [1.54, 1.807) is 0 Å². The first-order chi connectivity index (χ1) is 9.78. The van der Waals surface area contributed by atoms with Crippen LogP contribution >= 0.6 is 0 Å². The van der Waals surface area contributed by atoms with Crippen molar-refractivity contribution in [1.82, 2.24) is 0 Å². The van der Waals surface area contributed by atoms with Gasteiger partial charge < -0.3 is 10.1 Å². The van der Waals surface area contributed by atoms with E-state index in [-0.39, 0.29) is 0 Å². The van der Waals surface area contributed by atoms with Gasteiger partial charge in [-0.15, -0.1) is 0 Å². The van der Waals surface area contributed by atoms with Crippen molar-refractivity contribution in [2.75, 3.05) is 0 Å². The molecule has 106 valence electrons. The van der Waals surface area contributed by atoms with Crippen LogP contribution in [-0.4, -0.2) is 6.04 Å². The highest BCUT2D eigenvalue weighted by molar-refractivity contribution is 5.28. The van der Waals surface area contributed by atoms with Crippen molar-refractivity contribution in [2.24, 2.45) is 0 Å². The number of ether oxygens (including phenoxy) is 1. The third-order valence-electron chi connectivity index (χ3n) is 3.55. The largest absolute Gasteiger partial charge is 0.489 e. The fourth-order valence-corrected chi connectivity index (χ4v) is 2.01. The Morgan fingerprint density at radius 1 is 1.00 bits per heavy atom. The molecule has 0 unspecified atom stereocenters. The zero-order chi connectivity index (χ0) is 14.2. The minimum atomic E-state index is 0.624. The Balaban J connectivity index is 1.89. The summed E-state index contributed by atoms with van der Waals surface area (Å²) in [5.74, 6) is 0.948. The molecular formula is C18H24NO+. The number of hydrogen-bond acceptors (Lipinski definition) is 1. The first kappa shape index (κ1) is 14.6. The molecule has 2 nitrogen and oxygen atoms in total. The molecule has 2 rings (SSSR count). The summed E-state index contributed by atoms with van der Waals surface area (Å²) in [5, 5.41) is 2.37. The summed E-state index contributed by atoms with van der Waals surface area (Å²) >= 11 is 0. The molecule has 1 atom stereocenters. The van der Waals surface area contributed by atoms with Crippen LogP contribution in [0.3, 0.4) is 0 Å². The summed E-state index contributed by atoms with van der Waals surface area (Å²) in [5.41, 5.74) is 2.51. The summed E-state index contributed by atoms with van der Waals surface area (Å²) in [4.78, 5) is 0. The van der Waals surface area contributed by atoms with Gasteiger partial charge in [0.25, 0.3) is 0 Å². The van der Waals surface area contributed by atoms with Crippen LogP contribution in [0.1, 0.15) is 31.4 Å². The lowest BCUT2D eigenvalue weighted by atomic mass is 10.2. The Hall–Kier alpha value is -1.80. The van der Waals surface area contributed by atoms with Crippen LogP contribution in [0.5, 0.6) is 5.75 Å². The number of quaternary nitrogens is 1. The second-order valence-electron chi connectivity index (χ2n) is 5.25. The van der Waals surface area contributed by atoms with E-state index < -0.39 is 0 Å². The minimum Gasteiger partial charge on any atom is -0.489 e. The van der Waals surface area contributed by atoms with E-state index in [0.29, 0.717) is 12.6 Å². The van der Waals surface area contributed by atoms with Gasteiger partial charge in [-0.05, 0) is 31.0 Å². The Labute approximate surface area is 121 Å². The van der Waals surface area contributed by atoms with Crippen molar-refractivity contribution in [3.63, 3.8) is 0 Å². The first-order valence-electron chi connectivity index (χ1n) is 7.37. The number of rotatable bonds is 7. The molecular weight excluding hydrogens is 246 g/mol. The standard InChI is InChI=1S/C18H23NO/c1-3-15(2)19-13-17-10-7-11-18(12-17)20-14-16-8-5-4-6-9-16/h4-12,15,19H,3,13-14H2,1-2H3/p+1/t15-/m0/s1. The van der Waals surface area contributed by atoms with Gasteiger partial charge in [0.15, 0.2) is 0 Å². The van der Waals surface area contributed by atoms with Gasteiger partial charge >= 0.3 is 0 Å². The van der Waals surface area contributed by atoms with Gasteiger partial charge in [-0.2, -0.15) is 0 Å². The average molecular weight is 270 g/mol. The van der Waals surface area contributed by atoms with Gasteiger partial charge in [-0.3, -0.25) is 0 Å². The van der Waals surface area contributed by atoms with Crippen LogP contribution in [0.25, 0.3) is 0 Å². The highest BCUT2D eigenvalue weighted by Gasteiger charge is 2.03. The summed E-state index contributed by atoms with van der Waals surface area (Å²) in [6.45, 7) is 6.12. The lowest BCUT2D eigenvalue weighted by Gasteiger charge is -2.10. The lowest BCUT2D eigenvalue weighted by molar-refractivity contribution is -0.701.